The van der Waals surface area contributed by atoms with Crippen LogP contribution in [0.2, 0.25) is 0 Å². The van der Waals surface area contributed by atoms with E-state index in [1.54, 1.807) is 0 Å². The largest absolute Gasteiger partial charge is 0.396 e. The Morgan fingerprint density at radius 2 is 2.23 bits per heavy atom. The summed E-state index contributed by atoms with van der Waals surface area (Å²) in [5, 5.41) is 0. The van der Waals surface area contributed by atoms with Gasteiger partial charge in [-0.05, 0) is 30.3 Å². The van der Waals surface area contributed by atoms with E-state index in [0.29, 0.717) is 12.1 Å². The highest BCUT2D eigenvalue weighted by atomic mass is 16.1. The Labute approximate surface area is 78.5 Å². The van der Waals surface area contributed by atoms with E-state index in [-0.39, 0.29) is 11.2 Å². The maximum absolute atomic E-state index is 11.4. The van der Waals surface area contributed by atoms with E-state index in [0.717, 1.165) is 24.8 Å². The van der Waals surface area contributed by atoms with Crippen LogP contribution in [0.5, 0.6) is 0 Å². The first-order chi connectivity index (χ1) is 6.13. The number of carbonyl (C=O) groups is 1. The van der Waals surface area contributed by atoms with Gasteiger partial charge in [-0.2, -0.15) is 0 Å². The molecule has 0 heterocycles. The third kappa shape index (κ3) is 1.21. The van der Waals surface area contributed by atoms with E-state index in [9.17, 15) is 4.79 Å². The van der Waals surface area contributed by atoms with Gasteiger partial charge in [0.2, 0.25) is 0 Å². The SMILES string of the molecule is C[C@@]12CCC=CC1=C(N)C(=O)CC2. The molecule has 2 aliphatic carbocycles. The van der Waals surface area contributed by atoms with Gasteiger partial charge in [0.05, 0.1) is 5.70 Å². The lowest BCUT2D eigenvalue weighted by Crippen LogP contribution is -2.32. The second-order valence-corrected chi connectivity index (χ2v) is 4.25. The van der Waals surface area contributed by atoms with Crippen LogP contribution in [0.25, 0.3) is 0 Å². The highest BCUT2D eigenvalue weighted by Crippen LogP contribution is 2.44. The molecule has 13 heavy (non-hydrogen) atoms. The van der Waals surface area contributed by atoms with Crippen molar-refractivity contribution in [3.05, 3.63) is 23.4 Å². The molecule has 0 aromatic heterocycles. The van der Waals surface area contributed by atoms with Crippen molar-refractivity contribution in [2.75, 3.05) is 0 Å². The number of nitrogens with two attached hydrogens (primary N) is 1. The fraction of sp³-hybridized carbons (Fsp3) is 0.545. The molecule has 2 aliphatic rings. The number of hydrogen-bond acceptors (Lipinski definition) is 2. The monoisotopic (exact) mass is 177 g/mol. The van der Waals surface area contributed by atoms with Crippen molar-refractivity contribution in [1.82, 2.24) is 0 Å². The van der Waals surface area contributed by atoms with E-state index < -0.39 is 0 Å². The smallest absolute Gasteiger partial charge is 0.178 e. The number of carbonyl (C=O) groups excluding carboxylic acids is 1. The van der Waals surface area contributed by atoms with Crippen LogP contribution in [-0.4, -0.2) is 5.78 Å². The van der Waals surface area contributed by atoms with Gasteiger partial charge in [-0.1, -0.05) is 19.1 Å². The molecule has 0 aromatic rings. The average Bonchev–Trinajstić information content (AvgIpc) is 2.12. The predicted octanol–water partition coefficient (Wildman–Crippen LogP) is 1.92. The Kier molecular flexibility index (Phi) is 1.79. The van der Waals surface area contributed by atoms with Crippen LogP contribution in [0, 0.1) is 5.41 Å². The highest BCUT2D eigenvalue weighted by Gasteiger charge is 2.36. The van der Waals surface area contributed by atoms with E-state index >= 15 is 0 Å². The van der Waals surface area contributed by atoms with Crippen LogP contribution in [0.4, 0.5) is 0 Å². The molecule has 0 bridgehead atoms. The predicted molar refractivity (Wildman–Crippen MR) is 51.9 cm³/mol. The topological polar surface area (TPSA) is 43.1 Å². The molecule has 2 rings (SSSR count). The summed E-state index contributed by atoms with van der Waals surface area (Å²) in [6.45, 7) is 2.21. The lowest BCUT2D eigenvalue weighted by atomic mass is 9.67. The summed E-state index contributed by atoms with van der Waals surface area (Å²) in [6, 6.07) is 0. The van der Waals surface area contributed by atoms with E-state index in [2.05, 4.69) is 13.0 Å². The minimum atomic E-state index is 0.124. The van der Waals surface area contributed by atoms with Gasteiger partial charge < -0.3 is 5.73 Å². The second-order valence-electron chi connectivity index (χ2n) is 4.25. The normalized spacial score (nSPS) is 33.5. The van der Waals surface area contributed by atoms with Crippen molar-refractivity contribution in [3.8, 4) is 0 Å². The summed E-state index contributed by atoms with van der Waals surface area (Å²) in [5.41, 5.74) is 7.55. The third-order valence-electron chi connectivity index (χ3n) is 3.29. The molecule has 0 radical (unpaired) electrons. The maximum atomic E-state index is 11.4. The van der Waals surface area contributed by atoms with E-state index in [1.165, 1.54) is 0 Å². The summed E-state index contributed by atoms with van der Waals surface area (Å²) < 4.78 is 0. The molecular formula is C11H15NO. The van der Waals surface area contributed by atoms with Gasteiger partial charge >= 0.3 is 0 Å². The van der Waals surface area contributed by atoms with Crippen molar-refractivity contribution < 1.29 is 4.79 Å². The standard InChI is InChI=1S/C11H15NO/c1-11-6-3-2-4-8(11)10(12)9(13)5-7-11/h2,4H,3,5-7,12H2,1H3/t11-/m0/s1. The van der Waals surface area contributed by atoms with Gasteiger partial charge in [-0.15, -0.1) is 0 Å². The quantitative estimate of drug-likeness (QED) is 0.614. The van der Waals surface area contributed by atoms with E-state index in [1.807, 2.05) is 6.08 Å². The molecule has 0 saturated heterocycles. The van der Waals surface area contributed by atoms with Crippen LogP contribution in [0.3, 0.4) is 0 Å². The molecular weight excluding hydrogens is 162 g/mol. The zero-order chi connectivity index (χ0) is 9.47. The lowest BCUT2D eigenvalue weighted by molar-refractivity contribution is -0.116. The van der Waals surface area contributed by atoms with Crippen molar-refractivity contribution in [2.24, 2.45) is 11.1 Å². The van der Waals surface area contributed by atoms with Crippen molar-refractivity contribution in [3.63, 3.8) is 0 Å². The summed E-state index contributed by atoms with van der Waals surface area (Å²) >= 11 is 0. The van der Waals surface area contributed by atoms with Crippen LogP contribution in [0.15, 0.2) is 23.4 Å². The maximum Gasteiger partial charge on any atom is 0.178 e. The highest BCUT2D eigenvalue weighted by molar-refractivity contribution is 5.97. The first-order valence-electron chi connectivity index (χ1n) is 4.83. The minimum Gasteiger partial charge on any atom is -0.396 e. The zero-order valence-corrected chi connectivity index (χ0v) is 7.97. The van der Waals surface area contributed by atoms with E-state index in [4.69, 9.17) is 5.73 Å². The number of fused-ring (bicyclic) bond motifs is 1. The number of rotatable bonds is 0. The Bertz CT molecular complexity index is 314. The lowest BCUT2D eigenvalue weighted by Gasteiger charge is -2.37. The van der Waals surface area contributed by atoms with Crippen LogP contribution < -0.4 is 5.73 Å². The number of ketones is 1. The fourth-order valence-corrected chi connectivity index (χ4v) is 2.29. The second kappa shape index (κ2) is 2.72. The van der Waals surface area contributed by atoms with Crippen molar-refractivity contribution >= 4 is 5.78 Å². The zero-order valence-electron chi connectivity index (χ0n) is 7.97. The van der Waals surface area contributed by atoms with Gasteiger partial charge in [0.25, 0.3) is 0 Å². The first kappa shape index (κ1) is 8.54. The fourth-order valence-electron chi connectivity index (χ4n) is 2.29. The number of hydrogen-bond donors (Lipinski definition) is 1. The summed E-state index contributed by atoms with van der Waals surface area (Å²) in [7, 11) is 0. The summed E-state index contributed by atoms with van der Waals surface area (Å²) in [6.07, 6.45) is 7.98. The Balaban J connectivity index is 2.51. The Hall–Kier alpha value is -1.05. The molecule has 2 N–H and O–H groups in total. The minimum absolute atomic E-state index is 0.124. The molecule has 0 saturated carbocycles. The van der Waals surface area contributed by atoms with Gasteiger partial charge in [0.15, 0.2) is 5.78 Å². The summed E-state index contributed by atoms with van der Waals surface area (Å²) in [4.78, 5) is 11.4. The molecule has 70 valence electrons. The number of allylic oxidation sites excluding steroid dienone is 4. The van der Waals surface area contributed by atoms with Crippen molar-refractivity contribution in [1.29, 1.82) is 0 Å². The molecule has 0 fully saturated rings. The average molecular weight is 177 g/mol. The van der Waals surface area contributed by atoms with Gasteiger partial charge in [0.1, 0.15) is 0 Å². The van der Waals surface area contributed by atoms with Gasteiger partial charge in [-0.3, -0.25) is 4.79 Å². The van der Waals surface area contributed by atoms with Gasteiger partial charge in [-0.25, -0.2) is 0 Å². The molecule has 2 heteroatoms. The third-order valence-corrected chi connectivity index (χ3v) is 3.29. The molecule has 0 aliphatic heterocycles. The molecule has 0 spiro atoms. The van der Waals surface area contributed by atoms with Crippen LogP contribution in [0.1, 0.15) is 32.6 Å². The van der Waals surface area contributed by atoms with Gasteiger partial charge in [0, 0.05) is 6.42 Å². The number of Topliss-reactive ketones (excluding diaryl/α,β-unsaturated/α-hetero) is 1. The molecule has 0 amide bonds. The first-order valence-corrected chi connectivity index (χ1v) is 4.83. The Morgan fingerprint density at radius 3 is 3.00 bits per heavy atom. The van der Waals surface area contributed by atoms with Crippen LogP contribution >= 0.6 is 0 Å². The Morgan fingerprint density at radius 1 is 1.46 bits per heavy atom. The molecule has 0 aromatic carbocycles. The molecule has 0 unspecified atom stereocenters. The van der Waals surface area contributed by atoms with Crippen LogP contribution in [-0.2, 0) is 4.79 Å². The summed E-state index contributed by atoms with van der Waals surface area (Å²) in [5.74, 6) is 0.124. The van der Waals surface area contributed by atoms with Crippen molar-refractivity contribution in [2.45, 2.75) is 32.6 Å². The molecule has 2 nitrogen and oxygen atoms in total. The molecule has 1 atom stereocenters.